The minimum absolute atomic E-state index is 0.00115. The lowest BCUT2D eigenvalue weighted by Crippen LogP contribution is -2.38. The molecule has 28 heavy (non-hydrogen) atoms. The molecule has 0 fully saturated rings. The number of alkyl carbamates (subject to hydrolysis) is 1. The number of benzene rings is 2. The molecule has 0 saturated heterocycles. The van der Waals surface area contributed by atoms with Crippen LogP contribution in [0.2, 0.25) is 0 Å². The summed E-state index contributed by atoms with van der Waals surface area (Å²) in [5, 5.41) is 12.2. The summed E-state index contributed by atoms with van der Waals surface area (Å²) in [4.78, 5) is 12.2. The molecule has 0 heterocycles. The van der Waals surface area contributed by atoms with Gasteiger partial charge in [0.2, 0.25) is 0 Å². The van der Waals surface area contributed by atoms with Crippen molar-refractivity contribution in [3.8, 4) is 0 Å². The number of ether oxygens (including phenoxy) is 2. The number of hydrogen-bond acceptors (Lipinski definition) is 4. The maximum absolute atomic E-state index is 12.2. The number of aliphatic hydroxyl groups excluding tert-OH is 1. The van der Waals surface area contributed by atoms with E-state index < -0.39 is 6.09 Å². The Morgan fingerprint density at radius 1 is 0.964 bits per heavy atom. The molecule has 1 amide bonds. The topological polar surface area (TPSA) is 67.8 Å². The Balaban J connectivity index is 1.83. The van der Waals surface area contributed by atoms with Crippen molar-refractivity contribution < 1.29 is 19.4 Å². The van der Waals surface area contributed by atoms with Crippen LogP contribution in [0.15, 0.2) is 60.7 Å². The van der Waals surface area contributed by atoms with Crippen molar-refractivity contribution in [3.63, 3.8) is 0 Å². The Kier molecular flexibility index (Phi) is 10.1. The van der Waals surface area contributed by atoms with Gasteiger partial charge in [-0.1, -0.05) is 74.0 Å². The van der Waals surface area contributed by atoms with Gasteiger partial charge >= 0.3 is 6.09 Å². The molecule has 0 saturated carbocycles. The van der Waals surface area contributed by atoms with Crippen LogP contribution in [0.25, 0.3) is 0 Å². The van der Waals surface area contributed by atoms with Crippen LogP contribution in [0.5, 0.6) is 0 Å². The number of aliphatic hydroxyl groups is 1. The summed E-state index contributed by atoms with van der Waals surface area (Å²) in [6.45, 7) is 2.87. The van der Waals surface area contributed by atoms with Crippen LogP contribution < -0.4 is 5.32 Å². The lowest BCUT2D eigenvalue weighted by atomic mass is 10.0. The summed E-state index contributed by atoms with van der Waals surface area (Å²) in [5.41, 5.74) is 2.06. The zero-order chi connectivity index (χ0) is 20.0. The van der Waals surface area contributed by atoms with Crippen LogP contribution in [0.4, 0.5) is 4.79 Å². The van der Waals surface area contributed by atoms with Crippen LogP contribution >= 0.6 is 0 Å². The highest BCUT2D eigenvalue weighted by molar-refractivity contribution is 5.67. The van der Waals surface area contributed by atoms with Crippen LogP contribution in [0.3, 0.4) is 0 Å². The third-order valence-electron chi connectivity index (χ3n) is 4.50. The minimum atomic E-state index is -0.472. The molecule has 0 aromatic heterocycles. The molecule has 2 aromatic carbocycles. The third kappa shape index (κ3) is 8.55. The molecule has 0 bridgehead atoms. The number of carbonyl (C=O) groups is 1. The van der Waals surface area contributed by atoms with Gasteiger partial charge in [-0.15, -0.1) is 0 Å². The zero-order valence-corrected chi connectivity index (χ0v) is 16.5. The summed E-state index contributed by atoms with van der Waals surface area (Å²) >= 11 is 0. The molecule has 0 aliphatic heterocycles. The standard InChI is InChI=1S/C23H31NO4/c1-2-9-22(27-17-19-10-5-3-6-11-19)16-21(14-15-25)24-23(26)28-18-20-12-7-4-8-13-20/h3-8,10-13,21-22,25H,2,9,14-18H2,1H3,(H,24,26)/t21-,22+/m1/s1. The fraction of sp³-hybridized carbons (Fsp3) is 0.435. The van der Waals surface area contributed by atoms with E-state index in [9.17, 15) is 9.90 Å². The predicted molar refractivity (Wildman–Crippen MR) is 110 cm³/mol. The van der Waals surface area contributed by atoms with Gasteiger partial charge in [0.05, 0.1) is 12.7 Å². The molecule has 0 aliphatic carbocycles. The van der Waals surface area contributed by atoms with Gasteiger partial charge in [0, 0.05) is 12.6 Å². The SMILES string of the molecule is CCC[C@@H](C[C@@H](CCO)NC(=O)OCc1ccccc1)OCc1ccccc1. The van der Waals surface area contributed by atoms with Crippen molar-refractivity contribution in [1.29, 1.82) is 0 Å². The van der Waals surface area contributed by atoms with E-state index in [1.807, 2.05) is 60.7 Å². The van der Waals surface area contributed by atoms with Crippen molar-refractivity contribution in [2.24, 2.45) is 0 Å². The van der Waals surface area contributed by atoms with E-state index in [0.29, 0.717) is 19.4 Å². The highest BCUT2D eigenvalue weighted by Crippen LogP contribution is 2.15. The molecule has 2 N–H and O–H groups in total. The highest BCUT2D eigenvalue weighted by Gasteiger charge is 2.19. The van der Waals surface area contributed by atoms with E-state index >= 15 is 0 Å². The molecule has 2 rings (SSSR count). The Morgan fingerprint density at radius 3 is 2.14 bits per heavy atom. The van der Waals surface area contributed by atoms with Gasteiger partial charge in [-0.2, -0.15) is 0 Å². The second kappa shape index (κ2) is 12.9. The van der Waals surface area contributed by atoms with Crippen molar-refractivity contribution in [2.75, 3.05) is 6.61 Å². The first-order valence-electron chi connectivity index (χ1n) is 9.94. The average Bonchev–Trinajstić information content (AvgIpc) is 2.72. The van der Waals surface area contributed by atoms with Crippen molar-refractivity contribution >= 4 is 6.09 Å². The number of carbonyl (C=O) groups excluding carboxylic acids is 1. The molecule has 5 heteroatoms. The van der Waals surface area contributed by atoms with Crippen molar-refractivity contribution in [2.45, 2.75) is 58.0 Å². The van der Waals surface area contributed by atoms with Gasteiger partial charge < -0.3 is 19.9 Å². The number of hydrogen-bond donors (Lipinski definition) is 2. The highest BCUT2D eigenvalue weighted by atomic mass is 16.5. The summed E-state index contributed by atoms with van der Waals surface area (Å²) in [7, 11) is 0. The second-order valence-corrected chi connectivity index (χ2v) is 6.86. The summed E-state index contributed by atoms with van der Waals surface area (Å²) in [6.07, 6.45) is 2.54. The van der Waals surface area contributed by atoms with E-state index in [1.54, 1.807) is 0 Å². The molecule has 0 radical (unpaired) electrons. The molecule has 0 spiro atoms. The van der Waals surface area contributed by atoms with Crippen LogP contribution in [0, 0.1) is 0 Å². The Hall–Kier alpha value is -2.37. The molecule has 152 valence electrons. The summed E-state index contributed by atoms with van der Waals surface area (Å²) in [5.74, 6) is 0. The van der Waals surface area contributed by atoms with Gasteiger partial charge in [-0.05, 0) is 30.4 Å². The van der Waals surface area contributed by atoms with Crippen molar-refractivity contribution in [3.05, 3.63) is 71.8 Å². The quantitative estimate of drug-likeness (QED) is 0.567. The van der Waals surface area contributed by atoms with E-state index in [-0.39, 0.29) is 25.4 Å². The fourth-order valence-electron chi connectivity index (χ4n) is 3.03. The van der Waals surface area contributed by atoms with E-state index in [0.717, 1.165) is 24.0 Å². The van der Waals surface area contributed by atoms with Crippen molar-refractivity contribution in [1.82, 2.24) is 5.32 Å². The van der Waals surface area contributed by atoms with Crippen LogP contribution in [-0.2, 0) is 22.7 Å². The Bertz CT molecular complexity index is 663. The first-order chi connectivity index (χ1) is 13.7. The molecule has 0 aliphatic rings. The van der Waals surface area contributed by atoms with Gasteiger partial charge in [0.1, 0.15) is 6.61 Å². The minimum Gasteiger partial charge on any atom is -0.445 e. The molecule has 2 atom stereocenters. The Labute approximate surface area is 167 Å². The lowest BCUT2D eigenvalue weighted by Gasteiger charge is -2.24. The van der Waals surface area contributed by atoms with E-state index in [4.69, 9.17) is 9.47 Å². The number of nitrogens with one attached hydrogen (secondary N) is 1. The van der Waals surface area contributed by atoms with Gasteiger partial charge in [0.25, 0.3) is 0 Å². The lowest BCUT2D eigenvalue weighted by molar-refractivity contribution is 0.0202. The number of rotatable bonds is 12. The van der Waals surface area contributed by atoms with E-state index in [2.05, 4.69) is 12.2 Å². The van der Waals surface area contributed by atoms with E-state index in [1.165, 1.54) is 0 Å². The smallest absolute Gasteiger partial charge is 0.407 e. The van der Waals surface area contributed by atoms with Gasteiger partial charge in [0.15, 0.2) is 0 Å². The first-order valence-corrected chi connectivity index (χ1v) is 9.94. The molecule has 5 nitrogen and oxygen atoms in total. The predicted octanol–water partition coefficient (Wildman–Crippen LogP) is 4.44. The second-order valence-electron chi connectivity index (χ2n) is 6.86. The first kappa shape index (κ1) is 21.9. The Morgan fingerprint density at radius 2 is 1.57 bits per heavy atom. The largest absolute Gasteiger partial charge is 0.445 e. The van der Waals surface area contributed by atoms with Crippen LogP contribution in [0.1, 0.15) is 43.7 Å². The van der Waals surface area contributed by atoms with Gasteiger partial charge in [-0.3, -0.25) is 0 Å². The van der Waals surface area contributed by atoms with Crippen LogP contribution in [-0.4, -0.2) is 30.0 Å². The molecular formula is C23H31NO4. The molecule has 0 unspecified atom stereocenters. The third-order valence-corrected chi connectivity index (χ3v) is 4.50. The monoisotopic (exact) mass is 385 g/mol. The number of amides is 1. The fourth-order valence-corrected chi connectivity index (χ4v) is 3.03. The molecular weight excluding hydrogens is 354 g/mol. The average molecular weight is 386 g/mol. The maximum Gasteiger partial charge on any atom is 0.407 e. The molecule has 2 aromatic rings. The summed E-state index contributed by atoms with van der Waals surface area (Å²) < 4.78 is 11.4. The normalized spacial score (nSPS) is 12.9. The zero-order valence-electron chi connectivity index (χ0n) is 16.5. The summed E-state index contributed by atoms with van der Waals surface area (Å²) in [6, 6.07) is 19.4. The maximum atomic E-state index is 12.2. The van der Waals surface area contributed by atoms with Gasteiger partial charge in [-0.25, -0.2) is 4.79 Å².